The van der Waals surface area contributed by atoms with Crippen LogP contribution >= 0.6 is 0 Å². The highest BCUT2D eigenvalue weighted by atomic mass is 16.3. The summed E-state index contributed by atoms with van der Waals surface area (Å²) in [6.07, 6.45) is 0. The van der Waals surface area contributed by atoms with Gasteiger partial charge in [-0.2, -0.15) is 0 Å². The van der Waals surface area contributed by atoms with Crippen LogP contribution in [0, 0.1) is 6.92 Å². The Morgan fingerprint density at radius 2 is 1.50 bits per heavy atom. The number of nitrogens with one attached hydrogen (secondary N) is 1. The number of hydrogen-bond acceptors (Lipinski definition) is 3. The Bertz CT molecular complexity index is 198. The smallest absolute Gasteiger partial charge is 0.0555 e. The molecule has 0 unspecified atom stereocenters. The first-order chi connectivity index (χ1) is 6.81. The summed E-state index contributed by atoms with van der Waals surface area (Å²) in [7, 11) is 0. The second kappa shape index (κ2) is 10.2. The molecule has 0 fully saturated rings. The molecule has 0 saturated carbocycles. The zero-order chi connectivity index (χ0) is 10.6. The monoisotopic (exact) mass is 197 g/mol. The van der Waals surface area contributed by atoms with Gasteiger partial charge in [-0.25, -0.2) is 0 Å². The third-order valence-corrected chi connectivity index (χ3v) is 1.52. The fourth-order valence-corrected chi connectivity index (χ4v) is 0.817. The second-order valence-corrected chi connectivity index (χ2v) is 2.85. The van der Waals surface area contributed by atoms with Crippen LogP contribution in [0.1, 0.15) is 5.56 Å². The lowest BCUT2D eigenvalue weighted by Gasteiger charge is -1.94. The van der Waals surface area contributed by atoms with Gasteiger partial charge in [0.1, 0.15) is 0 Å². The molecule has 0 amide bonds. The fourth-order valence-electron chi connectivity index (χ4n) is 0.817. The summed E-state index contributed by atoms with van der Waals surface area (Å²) in [5.41, 5.74) is 1.32. The van der Waals surface area contributed by atoms with Crippen LogP contribution in [-0.4, -0.2) is 36.5 Å². The summed E-state index contributed by atoms with van der Waals surface area (Å²) in [4.78, 5) is 0. The van der Waals surface area contributed by atoms with Gasteiger partial charge in [0.2, 0.25) is 0 Å². The van der Waals surface area contributed by atoms with Crippen molar-refractivity contribution in [3.63, 3.8) is 0 Å². The van der Waals surface area contributed by atoms with Crippen LogP contribution in [0.3, 0.4) is 0 Å². The normalized spacial score (nSPS) is 9.07. The maximum Gasteiger partial charge on any atom is 0.0555 e. The molecule has 0 heterocycles. The molecule has 0 spiro atoms. The molecule has 3 nitrogen and oxygen atoms in total. The topological polar surface area (TPSA) is 52.5 Å². The number of rotatable bonds is 4. The molecule has 0 radical (unpaired) electrons. The Hall–Kier alpha value is -0.900. The largest absolute Gasteiger partial charge is 0.395 e. The molecule has 80 valence electrons. The highest BCUT2D eigenvalue weighted by molar-refractivity contribution is 5.11. The molecule has 1 aromatic rings. The van der Waals surface area contributed by atoms with Crippen LogP contribution in [0.15, 0.2) is 30.3 Å². The summed E-state index contributed by atoms with van der Waals surface area (Å²) < 4.78 is 0. The SMILES string of the molecule is Cc1ccccc1.OCCNCCO. The zero-order valence-electron chi connectivity index (χ0n) is 8.61. The average Bonchev–Trinajstić information content (AvgIpc) is 2.21. The highest BCUT2D eigenvalue weighted by Gasteiger charge is 1.78. The van der Waals surface area contributed by atoms with Crippen molar-refractivity contribution in [1.82, 2.24) is 5.32 Å². The molecule has 0 aliphatic rings. The fraction of sp³-hybridized carbons (Fsp3) is 0.455. The van der Waals surface area contributed by atoms with Crippen molar-refractivity contribution in [3.05, 3.63) is 35.9 Å². The van der Waals surface area contributed by atoms with Gasteiger partial charge in [-0.1, -0.05) is 35.9 Å². The van der Waals surface area contributed by atoms with E-state index in [-0.39, 0.29) is 13.2 Å². The summed E-state index contributed by atoms with van der Waals surface area (Å²) in [5.74, 6) is 0. The number of hydrogen-bond donors (Lipinski definition) is 3. The van der Waals surface area contributed by atoms with Gasteiger partial charge in [0.25, 0.3) is 0 Å². The van der Waals surface area contributed by atoms with Crippen molar-refractivity contribution in [2.75, 3.05) is 26.3 Å². The molecule has 3 N–H and O–H groups in total. The molecule has 3 heteroatoms. The highest BCUT2D eigenvalue weighted by Crippen LogP contribution is 1.92. The molecule has 0 aliphatic heterocycles. The predicted molar refractivity (Wildman–Crippen MR) is 58.2 cm³/mol. The summed E-state index contributed by atoms with van der Waals surface area (Å²) in [6, 6.07) is 10.3. The summed E-state index contributed by atoms with van der Waals surface area (Å²) in [5, 5.41) is 19.1. The first-order valence-corrected chi connectivity index (χ1v) is 4.75. The van der Waals surface area contributed by atoms with Gasteiger partial charge in [-0.3, -0.25) is 0 Å². The van der Waals surface area contributed by atoms with Crippen LogP contribution in [-0.2, 0) is 0 Å². The Balaban J connectivity index is 0.000000241. The summed E-state index contributed by atoms with van der Waals surface area (Å²) in [6.45, 7) is 3.50. The molecule has 0 saturated heterocycles. The van der Waals surface area contributed by atoms with Gasteiger partial charge < -0.3 is 15.5 Å². The molecule has 0 atom stereocenters. The Labute approximate surface area is 85.4 Å². The number of aliphatic hydroxyl groups excluding tert-OH is 2. The van der Waals surface area contributed by atoms with E-state index in [9.17, 15) is 0 Å². The van der Waals surface area contributed by atoms with Crippen LogP contribution in [0.4, 0.5) is 0 Å². The average molecular weight is 197 g/mol. The molecule has 1 rings (SSSR count). The van der Waals surface area contributed by atoms with E-state index in [2.05, 4.69) is 24.4 Å². The molecule has 0 aliphatic carbocycles. The lowest BCUT2D eigenvalue weighted by Crippen LogP contribution is -2.21. The molecule has 14 heavy (non-hydrogen) atoms. The number of aryl methyl sites for hydroxylation is 1. The van der Waals surface area contributed by atoms with Crippen LogP contribution in [0.5, 0.6) is 0 Å². The van der Waals surface area contributed by atoms with Gasteiger partial charge in [-0.05, 0) is 6.92 Å². The van der Waals surface area contributed by atoms with E-state index in [0.717, 1.165) is 0 Å². The first-order valence-electron chi connectivity index (χ1n) is 4.75. The van der Waals surface area contributed by atoms with Gasteiger partial charge in [0.05, 0.1) is 13.2 Å². The Morgan fingerprint density at radius 3 is 1.79 bits per heavy atom. The summed E-state index contributed by atoms with van der Waals surface area (Å²) >= 11 is 0. The number of benzene rings is 1. The van der Waals surface area contributed by atoms with E-state index < -0.39 is 0 Å². The van der Waals surface area contributed by atoms with Crippen molar-refractivity contribution in [2.45, 2.75) is 6.92 Å². The minimum Gasteiger partial charge on any atom is -0.395 e. The van der Waals surface area contributed by atoms with E-state index >= 15 is 0 Å². The minimum atomic E-state index is 0.139. The lowest BCUT2D eigenvalue weighted by atomic mass is 10.2. The van der Waals surface area contributed by atoms with E-state index in [0.29, 0.717) is 13.1 Å². The van der Waals surface area contributed by atoms with Crippen molar-refractivity contribution in [1.29, 1.82) is 0 Å². The van der Waals surface area contributed by atoms with E-state index in [1.807, 2.05) is 18.2 Å². The van der Waals surface area contributed by atoms with Crippen LogP contribution < -0.4 is 5.32 Å². The molecular weight excluding hydrogens is 178 g/mol. The number of aliphatic hydroxyl groups is 2. The first kappa shape index (κ1) is 13.1. The van der Waals surface area contributed by atoms with Gasteiger partial charge in [0.15, 0.2) is 0 Å². The maximum absolute atomic E-state index is 8.15. The second-order valence-electron chi connectivity index (χ2n) is 2.85. The van der Waals surface area contributed by atoms with Crippen LogP contribution in [0.2, 0.25) is 0 Å². The van der Waals surface area contributed by atoms with E-state index in [1.165, 1.54) is 5.56 Å². The van der Waals surface area contributed by atoms with E-state index in [4.69, 9.17) is 10.2 Å². The lowest BCUT2D eigenvalue weighted by molar-refractivity contribution is 0.267. The third-order valence-electron chi connectivity index (χ3n) is 1.52. The molecular formula is C11H19NO2. The minimum absolute atomic E-state index is 0.139. The quantitative estimate of drug-likeness (QED) is 0.618. The van der Waals surface area contributed by atoms with Gasteiger partial charge in [0, 0.05) is 13.1 Å². The van der Waals surface area contributed by atoms with Crippen molar-refractivity contribution in [2.24, 2.45) is 0 Å². The molecule has 0 bridgehead atoms. The molecule has 1 aromatic carbocycles. The van der Waals surface area contributed by atoms with Gasteiger partial charge >= 0.3 is 0 Å². The van der Waals surface area contributed by atoms with Gasteiger partial charge in [-0.15, -0.1) is 0 Å². The Kier molecular flexibility index (Phi) is 9.53. The van der Waals surface area contributed by atoms with Crippen molar-refractivity contribution >= 4 is 0 Å². The standard InChI is InChI=1S/C7H8.C4H11NO2/c1-7-5-3-2-4-6-7;6-3-1-5-2-4-7/h2-6H,1H3;5-7H,1-4H2. The molecule has 0 aromatic heterocycles. The zero-order valence-corrected chi connectivity index (χ0v) is 8.61. The Morgan fingerprint density at radius 1 is 1.00 bits per heavy atom. The van der Waals surface area contributed by atoms with Crippen molar-refractivity contribution in [3.8, 4) is 0 Å². The van der Waals surface area contributed by atoms with Crippen molar-refractivity contribution < 1.29 is 10.2 Å². The van der Waals surface area contributed by atoms with Crippen LogP contribution in [0.25, 0.3) is 0 Å². The maximum atomic E-state index is 8.15. The van der Waals surface area contributed by atoms with E-state index in [1.54, 1.807) is 0 Å². The predicted octanol–water partition coefficient (Wildman–Crippen LogP) is 0.556. The third kappa shape index (κ3) is 9.19.